The lowest BCUT2D eigenvalue weighted by Gasteiger charge is -2.52. The highest BCUT2D eigenvalue weighted by Gasteiger charge is 2.50. The number of rotatable bonds is 10. The third kappa shape index (κ3) is 6.68. The summed E-state index contributed by atoms with van der Waals surface area (Å²) in [5.41, 5.74) is 1.20. The maximum absolute atomic E-state index is 14.4. The fourth-order valence-corrected chi connectivity index (χ4v) is 6.46. The third-order valence-corrected chi connectivity index (χ3v) is 8.36. The number of methoxy groups -OCH3 is 1. The number of nitrogens with zero attached hydrogens (tertiary/aromatic N) is 5. The second kappa shape index (κ2) is 12.8. The van der Waals surface area contributed by atoms with Gasteiger partial charge in [-0.25, -0.2) is 9.78 Å². The van der Waals surface area contributed by atoms with Crippen LogP contribution in [0.4, 0.5) is 4.79 Å². The van der Waals surface area contributed by atoms with Gasteiger partial charge in [0, 0.05) is 46.4 Å². The number of piperidine rings is 1. The molecule has 1 N–H and O–H groups in total. The molecule has 2 saturated heterocycles. The molecule has 2 aromatic rings. The third-order valence-electron chi connectivity index (χ3n) is 8.36. The molecule has 2 aliphatic heterocycles. The van der Waals surface area contributed by atoms with E-state index in [1.807, 2.05) is 68.4 Å². The van der Waals surface area contributed by atoms with E-state index in [9.17, 15) is 19.5 Å². The lowest BCUT2D eigenvalue weighted by Crippen LogP contribution is -2.65. The smallest absolute Gasteiger partial charge is 0.407 e. The zero-order valence-corrected chi connectivity index (χ0v) is 25.5. The topological polar surface area (TPSA) is 108 Å². The maximum atomic E-state index is 14.4. The van der Waals surface area contributed by atoms with E-state index < -0.39 is 29.5 Å². The summed E-state index contributed by atoms with van der Waals surface area (Å²) in [6.45, 7) is 13.3. The van der Waals surface area contributed by atoms with Crippen molar-refractivity contribution in [2.75, 3.05) is 39.9 Å². The van der Waals surface area contributed by atoms with Crippen molar-refractivity contribution < 1.29 is 24.2 Å². The highest BCUT2D eigenvalue weighted by Crippen LogP contribution is 2.39. The molecule has 2 aliphatic rings. The number of hydrogen-bond acceptors (Lipinski definition) is 5. The van der Waals surface area contributed by atoms with Gasteiger partial charge >= 0.3 is 6.09 Å². The van der Waals surface area contributed by atoms with Gasteiger partial charge in [0.25, 0.3) is 5.91 Å². The van der Waals surface area contributed by atoms with Crippen molar-refractivity contribution in [2.45, 2.75) is 78.9 Å². The molecule has 0 aliphatic carbocycles. The molecular weight excluding hydrogens is 522 g/mol. The Morgan fingerprint density at radius 2 is 1.85 bits per heavy atom. The maximum Gasteiger partial charge on any atom is 0.407 e. The predicted molar refractivity (Wildman–Crippen MR) is 158 cm³/mol. The van der Waals surface area contributed by atoms with E-state index in [1.54, 1.807) is 12.0 Å². The largest absolute Gasteiger partial charge is 0.465 e. The number of carboxylic acid groups (broad SMARTS) is 1. The number of ether oxygens (including phenoxy) is 1. The molecule has 2 fully saturated rings. The molecule has 10 heteroatoms. The minimum absolute atomic E-state index is 0.00514. The summed E-state index contributed by atoms with van der Waals surface area (Å²) >= 11 is 0. The van der Waals surface area contributed by atoms with E-state index in [-0.39, 0.29) is 24.3 Å². The molecule has 10 nitrogen and oxygen atoms in total. The Hall–Kier alpha value is -3.14. The van der Waals surface area contributed by atoms with Gasteiger partial charge in [-0.15, -0.1) is 0 Å². The number of carbonyl (C=O) groups excluding carboxylic acids is 2. The molecule has 0 radical (unpaired) electrons. The summed E-state index contributed by atoms with van der Waals surface area (Å²) < 4.78 is 7.21. The SMILES string of the molecule is COCCCCn1c(C(=O)N(CC(C)C)[C@H]2C[C@@H](C(=O)N3CCC3)C(C(C)(C)C)N(C(=O)O)C2)nc2ccccc21. The molecule has 1 aromatic heterocycles. The molecule has 3 atom stereocenters. The Kier molecular flexibility index (Phi) is 9.62. The Morgan fingerprint density at radius 1 is 1.15 bits per heavy atom. The van der Waals surface area contributed by atoms with Gasteiger partial charge < -0.3 is 29.1 Å². The number of aryl methyl sites for hydroxylation is 1. The summed E-state index contributed by atoms with van der Waals surface area (Å²) in [7, 11) is 1.68. The van der Waals surface area contributed by atoms with Gasteiger partial charge in [0.05, 0.1) is 29.0 Å². The van der Waals surface area contributed by atoms with Gasteiger partial charge in [-0.05, 0) is 49.1 Å². The van der Waals surface area contributed by atoms with E-state index in [1.165, 1.54) is 4.90 Å². The van der Waals surface area contributed by atoms with Gasteiger partial charge in [-0.2, -0.15) is 0 Å². The van der Waals surface area contributed by atoms with Crippen molar-refractivity contribution in [2.24, 2.45) is 17.3 Å². The fraction of sp³-hybridized carbons (Fsp3) is 0.677. The Morgan fingerprint density at radius 3 is 2.44 bits per heavy atom. The zero-order valence-electron chi connectivity index (χ0n) is 25.5. The molecule has 3 amide bonds. The first-order chi connectivity index (χ1) is 19.4. The number of imidazole rings is 1. The van der Waals surface area contributed by atoms with Crippen molar-refractivity contribution in [3.05, 3.63) is 30.1 Å². The van der Waals surface area contributed by atoms with Crippen LogP contribution in [0, 0.1) is 17.3 Å². The Labute approximate surface area is 243 Å². The molecule has 0 saturated carbocycles. The van der Waals surface area contributed by atoms with Crippen LogP contribution in [0.2, 0.25) is 0 Å². The Balaban J connectivity index is 1.73. The van der Waals surface area contributed by atoms with Gasteiger partial charge in [-0.1, -0.05) is 46.8 Å². The van der Waals surface area contributed by atoms with E-state index in [4.69, 9.17) is 9.72 Å². The van der Waals surface area contributed by atoms with Crippen LogP contribution >= 0.6 is 0 Å². The average Bonchev–Trinajstić information content (AvgIpc) is 3.25. The minimum atomic E-state index is -1.06. The van der Waals surface area contributed by atoms with Gasteiger partial charge in [0.15, 0.2) is 5.82 Å². The molecule has 0 bridgehead atoms. The van der Waals surface area contributed by atoms with Crippen molar-refractivity contribution in [1.82, 2.24) is 24.3 Å². The first-order valence-corrected chi connectivity index (χ1v) is 15.0. The fourth-order valence-electron chi connectivity index (χ4n) is 6.46. The van der Waals surface area contributed by atoms with Gasteiger partial charge in [0.2, 0.25) is 5.91 Å². The molecule has 3 heterocycles. The normalized spacial score (nSPS) is 21.3. The summed E-state index contributed by atoms with van der Waals surface area (Å²) in [6.07, 6.45) is 2.01. The highest BCUT2D eigenvalue weighted by molar-refractivity contribution is 5.95. The van der Waals surface area contributed by atoms with Crippen LogP contribution in [0.5, 0.6) is 0 Å². The summed E-state index contributed by atoms with van der Waals surface area (Å²) in [4.78, 5) is 50.7. The lowest BCUT2D eigenvalue weighted by atomic mass is 9.72. The van der Waals surface area contributed by atoms with Crippen LogP contribution in [0.3, 0.4) is 0 Å². The van der Waals surface area contributed by atoms with E-state index >= 15 is 0 Å². The van der Waals surface area contributed by atoms with Crippen LogP contribution in [0.15, 0.2) is 24.3 Å². The molecule has 4 rings (SSSR count). The van der Waals surface area contributed by atoms with Crippen LogP contribution < -0.4 is 0 Å². The van der Waals surface area contributed by atoms with Crippen molar-refractivity contribution in [3.8, 4) is 0 Å². The molecular formula is C31H47N5O5. The lowest BCUT2D eigenvalue weighted by molar-refractivity contribution is -0.146. The summed E-state index contributed by atoms with van der Waals surface area (Å²) in [5.74, 6) is -0.257. The first-order valence-electron chi connectivity index (χ1n) is 15.0. The standard InChI is InChI=1S/C31H47N5O5/c1-21(2)19-35(29(38)27-32-24-12-7-8-13-25(24)34(27)16-9-10-17-41-6)22-18-23(28(37)33-14-11-15-33)26(31(3,4)5)36(20-22)30(39)40/h7-8,12-13,21-23,26H,9-11,14-20H2,1-6H3,(H,39,40)/t22-,23+,26?/m0/s1. The first kappa shape index (κ1) is 30.8. The molecule has 1 unspecified atom stereocenters. The van der Waals surface area contributed by atoms with Crippen molar-refractivity contribution in [3.63, 3.8) is 0 Å². The van der Waals surface area contributed by atoms with Crippen molar-refractivity contribution >= 4 is 28.9 Å². The number of likely N-dealkylation sites (tertiary alicyclic amines) is 2. The quantitative estimate of drug-likeness (QED) is 0.420. The second-order valence-electron chi connectivity index (χ2n) is 13.0. The highest BCUT2D eigenvalue weighted by atomic mass is 16.5. The van der Waals surface area contributed by atoms with Gasteiger partial charge in [-0.3, -0.25) is 9.59 Å². The second-order valence-corrected chi connectivity index (χ2v) is 13.0. The van der Waals surface area contributed by atoms with E-state index in [0.29, 0.717) is 45.0 Å². The number of amides is 3. The van der Waals surface area contributed by atoms with Crippen LogP contribution in [-0.4, -0.2) is 99.2 Å². The summed E-state index contributed by atoms with van der Waals surface area (Å²) in [6, 6.07) is 6.81. The molecule has 41 heavy (non-hydrogen) atoms. The monoisotopic (exact) mass is 569 g/mol. The predicted octanol–water partition coefficient (Wildman–Crippen LogP) is 4.58. The molecule has 1 aromatic carbocycles. The molecule has 0 spiro atoms. The van der Waals surface area contributed by atoms with Gasteiger partial charge in [0.1, 0.15) is 0 Å². The number of para-hydroxylation sites is 2. The van der Waals surface area contributed by atoms with E-state index in [2.05, 4.69) is 0 Å². The molecule has 226 valence electrons. The van der Waals surface area contributed by atoms with Crippen molar-refractivity contribution in [1.29, 1.82) is 0 Å². The zero-order chi connectivity index (χ0) is 29.9. The average molecular weight is 570 g/mol. The number of carbonyl (C=O) groups is 3. The van der Waals surface area contributed by atoms with Crippen LogP contribution in [0.1, 0.15) is 70.9 Å². The summed E-state index contributed by atoms with van der Waals surface area (Å²) in [5, 5.41) is 10.4. The number of fused-ring (bicyclic) bond motifs is 1. The van der Waals surface area contributed by atoms with Crippen LogP contribution in [0.25, 0.3) is 11.0 Å². The van der Waals surface area contributed by atoms with Crippen LogP contribution in [-0.2, 0) is 16.1 Å². The minimum Gasteiger partial charge on any atom is -0.465 e. The Bertz CT molecular complexity index is 1230. The number of unbranched alkanes of at least 4 members (excludes halogenated alkanes) is 1. The number of benzene rings is 1. The number of hydrogen-bond donors (Lipinski definition) is 1. The number of aromatic nitrogens is 2. The van der Waals surface area contributed by atoms with E-state index in [0.717, 1.165) is 30.3 Å².